The number of nitrogens with one attached hydrogen (secondary N) is 1. The van der Waals surface area contributed by atoms with Crippen molar-refractivity contribution in [1.29, 1.82) is 5.26 Å². The predicted molar refractivity (Wildman–Crippen MR) is 57.0 cm³/mol. The smallest absolute Gasteiger partial charge is 0.145 e. The number of nitriles is 1. The maximum atomic E-state index is 8.61. The fourth-order valence-corrected chi connectivity index (χ4v) is 1.32. The molecule has 1 aliphatic rings. The van der Waals surface area contributed by atoms with Gasteiger partial charge in [0.15, 0.2) is 0 Å². The second kappa shape index (κ2) is 4.47. The summed E-state index contributed by atoms with van der Waals surface area (Å²) in [7, 11) is 0. The van der Waals surface area contributed by atoms with E-state index < -0.39 is 0 Å². The first-order valence-corrected chi connectivity index (χ1v) is 4.78. The molecule has 0 saturated carbocycles. The fourth-order valence-electron chi connectivity index (χ4n) is 1.32. The highest BCUT2D eigenvalue weighted by Gasteiger charge is 2.05. The van der Waals surface area contributed by atoms with E-state index in [0.717, 1.165) is 24.7 Å². The third-order valence-electron chi connectivity index (χ3n) is 2.10. The van der Waals surface area contributed by atoms with E-state index >= 15 is 0 Å². The summed E-state index contributed by atoms with van der Waals surface area (Å²) in [6.07, 6.45) is 0. The molecule has 15 heavy (non-hydrogen) atoms. The molecule has 0 aliphatic carbocycles. The van der Waals surface area contributed by atoms with Crippen molar-refractivity contribution >= 4 is 5.84 Å². The fraction of sp³-hybridized carbons (Fsp3) is 0.273. The molecule has 1 N–H and O–H groups in total. The monoisotopic (exact) mass is 201 g/mol. The van der Waals surface area contributed by atoms with Crippen molar-refractivity contribution in [3.05, 3.63) is 29.8 Å². The Hall–Kier alpha value is -2.02. The summed E-state index contributed by atoms with van der Waals surface area (Å²) in [5.74, 6) is 1.64. The summed E-state index contributed by atoms with van der Waals surface area (Å²) in [5.41, 5.74) is 0.638. The summed E-state index contributed by atoms with van der Waals surface area (Å²) in [6.45, 7) is 2.18. The van der Waals surface area contributed by atoms with Crippen LogP contribution in [0.4, 0.5) is 0 Å². The van der Waals surface area contributed by atoms with Crippen LogP contribution in [0.15, 0.2) is 29.3 Å². The van der Waals surface area contributed by atoms with Crippen LogP contribution in [0.2, 0.25) is 0 Å². The minimum atomic E-state index is 0.464. The quantitative estimate of drug-likeness (QED) is 0.791. The molecule has 76 valence electrons. The molecule has 4 heteroatoms. The number of hydrogen-bond acceptors (Lipinski definition) is 4. The molecule has 1 aromatic carbocycles. The van der Waals surface area contributed by atoms with Crippen LogP contribution >= 0.6 is 0 Å². The van der Waals surface area contributed by atoms with Crippen molar-refractivity contribution in [1.82, 2.24) is 5.32 Å². The van der Waals surface area contributed by atoms with Gasteiger partial charge in [0.2, 0.25) is 0 Å². The molecule has 0 aromatic heterocycles. The molecule has 0 spiro atoms. The standard InChI is InChI=1S/C11H11N3O/c12-7-9-1-3-10(4-2-9)15-8-11-13-5-6-14-11/h1-4H,5-6,8H2,(H,13,14). The van der Waals surface area contributed by atoms with E-state index in [2.05, 4.69) is 16.4 Å². The molecule has 0 atom stereocenters. The van der Waals surface area contributed by atoms with Crippen molar-refractivity contribution < 1.29 is 4.74 Å². The van der Waals surface area contributed by atoms with Gasteiger partial charge in [0.1, 0.15) is 18.2 Å². The molecule has 2 rings (SSSR count). The summed E-state index contributed by atoms with van der Waals surface area (Å²) in [4.78, 5) is 4.21. The highest BCUT2D eigenvalue weighted by atomic mass is 16.5. The van der Waals surface area contributed by atoms with Crippen molar-refractivity contribution in [2.45, 2.75) is 0 Å². The van der Waals surface area contributed by atoms with Crippen molar-refractivity contribution in [2.75, 3.05) is 19.7 Å². The van der Waals surface area contributed by atoms with Gasteiger partial charge in [0.05, 0.1) is 18.2 Å². The molecule has 1 aromatic rings. The van der Waals surface area contributed by atoms with E-state index in [0.29, 0.717) is 12.2 Å². The Morgan fingerprint density at radius 2 is 2.20 bits per heavy atom. The second-order valence-electron chi connectivity index (χ2n) is 3.18. The van der Waals surface area contributed by atoms with Gasteiger partial charge in [0.25, 0.3) is 0 Å². The van der Waals surface area contributed by atoms with Crippen LogP contribution in [-0.2, 0) is 0 Å². The second-order valence-corrected chi connectivity index (χ2v) is 3.18. The van der Waals surface area contributed by atoms with Gasteiger partial charge in [-0.3, -0.25) is 4.99 Å². The highest BCUT2D eigenvalue weighted by Crippen LogP contribution is 2.11. The summed E-state index contributed by atoms with van der Waals surface area (Å²) >= 11 is 0. The zero-order chi connectivity index (χ0) is 10.5. The molecule has 1 heterocycles. The minimum absolute atomic E-state index is 0.464. The lowest BCUT2D eigenvalue weighted by atomic mass is 10.2. The number of hydrogen-bond donors (Lipinski definition) is 1. The largest absolute Gasteiger partial charge is 0.486 e. The maximum Gasteiger partial charge on any atom is 0.145 e. The SMILES string of the molecule is N#Cc1ccc(OCC2=NCCN2)cc1. The van der Waals surface area contributed by atoms with E-state index in [-0.39, 0.29) is 0 Å². The van der Waals surface area contributed by atoms with Gasteiger partial charge in [-0.2, -0.15) is 5.26 Å². The number of nitrogens with zero attached hydrogens (tertiary/aromatic N) is 2. The van der Waals surface area contributed by atoms with Gasteiger partial charge >= 0.3 is 0 Å². The van der Waals surface area contributed by atoms with Gasteiger partial charge in [-0.15, -0.1) is 0 Å². The first kappa shape index (κ1) is 9.53. The van der Waals surface area contributed by atoms with Crippen LogP contribution < -0.4 is 10.1 Å². The summed E-state index contributed by atoms with van der Waals surface area (Å²) in [6, 6.07) is 9.10. The molecule has 0 bridgehead atoms. The Balaban J connectivity index is 1.91. The van der Waals surface area contributed by atoms with Crippen LogP contribution in [-0.4, -0.2) is 25.5 Å². The van der Waals surface area contributed by atoms with Crippen LogP contribution in [0.5, 0.6) is 5.75 Å². The molecule has 0 amide bonds. The zero-order valence-corrected chi connectivity index (χ0v) is 8.23. The topological polar surface area (TPSA) is 57.4 Å². The van der Waals surface area contributed by atoms with Crippen LogP contribution in [0.25, 0.3) is 0 Å². The van der Waals surface area contributed by atoms with E-state index in [1.165, 1.54) is 0 Å². The predicted octanol–water partition coefficient (Wildman–Crippen LogP) is 0.939. The van der Waals surface area contributed by atoms with Crippen molar-refractivity contribution in [3.8, 4) is 11.8 Å². The van der Waals surface area contributed by atoms with Gasteiger partial charge in [-0.25, -0.2) is 0 Å². The van der Waals surface area contributed by atoms with Gasteiger partial charge in [-0.05, 0) is 24.3 Å². The van der Waals surface area contributed by atoms with E-state index in [1.807, 2.05) is 0 Å². The lowest BCUT2D eigenvalue weighted by Gasteiger charge is -2.05. The third-order valence-corrected chi connectivity index (χ3v) is 2.10. The molecule has 0 unspecified atom stereocenters. The number of ether oxygens (including phenoxy) is 1. The Morgan fingerprint density at radius 3 is 2.80 bits per heavy atom. The van der Waals surface area contributed by atoms with Crippen LogP contribution in [0.3, 0.4) is 0 Å². The number of rotatable bonds is 3. The summed E-state index contributed by atoms with van der Waals surface area (Å²) in [5, 5.41) is 11.7. The molecule has 0 saturated heterocycles. The summed E-state index contributed by atoms with van der Waals surface area (Å²) < 4.78 is 5.49. The first-order chi connectivity index (χ1) is 7.38. The van der Waals surface area contributed by atoms with Gasteiger partial charge in [0, 0.05) is 6.54 Å². The molecule has 0 radical (unpaired) electrons. The Labute approximate surface area is 88.2 Å². The number of aliphatic imine (C=N–C) groups is 1. The Bertz CT molecular complexity index is 403. The lowest BCUT2D eigenvalue weighted by Crippen LogP contribution is -2.24. The number of amidine groups is 1. The van der Waals surface area contributed by atoms with Crippen LogP contribution in [0, 0.1) is 11.3 Å². The maximum absolute atomic E-state index is 8.61. The third kappa shape index (κ3) is 2.47. The zero-order valence-electron chi connectivity index (χ0n) is 8.23. The molecule has 0 fully saturated rings. The molecular weight excluding hydrogens is 190 g/mol. The Kier molecular flexibility index (Phi) is 2.84. The molecule has 4 nitrogen and oxygen atoms in total. The van der Waals surface area contributed by atoms with Crippen LogP contribution in [0.1, 0.15) is 5.56 Å². The van der Waals surface area contributed by atoms with E-state index in [1.54, 1.807) is 24.3 Å². The lowest BCUT2D eigenvalue weighted by molar-refractivity contribution is 0.373. The van der Waals surface area contributed by atoms with E-state index in [4.69, 9.17) is 10.00 Å². The van der Waals surface area contributed by atoms with Gasteiger partial charge in [-0.1, -0.05) is 0 Å². The highest BCUT2D eigenvalue weighted by molar-refractivity contribution is 5.84. The molecular formula is C11H11N3O. The average Bonchev–Trinajstić information content (AvgIpc) is 2.80. The van der Waals surface area contributed by atoms with Crippen molar-refractivity contribution in [2.24, 2.45) is 4.99 Å². The van der Waals surface area contributed by atoms with Gasteiger partial charge < -0.3 is 10.1 Å². The molecule has 1 aliphatic heterocycles. The number of benzene rings is 1. The van der Waals surface area contributed by atoms with E-state index in [9.17, 15) is 0 Å². The average molecular weight is 201 g/mol. The van der Waals surface area contributed by atoms with Crippen molar-refractivity contribution in [3.63, 3.8) is 0 Å². The minimum Gasteiger partial charge on any atom is -0.486 e. The Morgan fingerprint density at radius 1 is 1.40 bits per heavy atom. The first-order valence-electron chi connectivity index (χ1n) is 4.78. The normalized spacial score (nSPS) is 13.9.